The van der Waals surface area contributed by atoms with Crippen molar-refractivity contribution in [1.82, 2.24) is 4.98 Å². The molecule has 1 aliphatic rings. The minimum atomic E-state index is -0.572. The van der Waals surface area contributed by atoms with Crippen LogP contribution in [0.5, 0.6) is 5.75 Å². The number of aromatic nitrogens is 1. The van der Waals surface area contributed by atoms with Crippen LogP contribution >= 0.6 is 0 Å². The molecule has 0 unspecified atom stereocenters. The van der Waals surface area contributed by atoms with Crippen LogP contribution in [0.25, 0.3) is 32.9 Å². The van der Waals surface area contributed by atoms with Gasteiger partial charge in [0.25, 0.3) is 5.91 Å². The summed E-state index contributed by atoms with van der Waals surface area (Å²) >= 11 is 0. The average molecular weight is 475 g/mol. The summed E-state index contributed by atoms with van der Waals surface area (Å²) in [6, 6.07) is 12.0. The number of carbonyl (C=O) groups excluding carboxylic acids is 2. The molecule has 0 radical (unpaired) electrons. The van der Waals surface area contributed by atoms with Crippen molar-refractivity contribution in [3.05, 3.63) is 65.0 Å². The maximum atomic E-state index is 14.8. The van der Waals surface area contributed by atoms with Crippen LogP contribution in [0.15, 0.2) is 42.5 Å². The molecule has 5 rings (SSSR count). The monoisotopic (exact) mass is 474 g/mol. The fraction of sp³-hybridized carbons (Fsp3) is 0.259. The first-order chi connectivity index (χ1) is 16.8. The van der Waals surface area contributed by atoms with Gasteiger partial charge in [-0.1, -0.05) is 12.1 Å². The van der Waals surface area contributed by atoms with E-state index in [4.69, 9.17) is 21.9 Å². The molecule has 3 aromatic carbocycles. The lowest BCUT2D eigenvalue weighted by Crippen LogP contribution is -2.27. The second kappa shape index (κ2) is 8.70. The highest BCUT2D eigenvalue weighted by Crippen LogP contribution is 2.44. The number of halogens is 1. The van der Waals surface area contributed by atoms with Crippen LogP contribution in [0.2, 0.25) is 0 Å². The number of primary amides is 2. The van der Waals surface area contributed by atoms with E-state index >= 15 is 0 Å². The second-order valence-corrected chi connectivity index (χ2v) is 9.21. The van der Waals surface area contributed by atoms with Crippen LogP contribution in [0, 0.1) is 5.82 Å². The number of rotatable bonds is 5. The number of benzene rings is 3. The molecule has 0 spiro atoms. The van der Waals surface area contributed by atoms with E-state index in [-0.39, 0.29) is 17.7 Å². The van der Waals surface area contributed by atoms with Crippen LogP contribution in [0.1, 0.15) is 57.9 Å². The van der Waals surface area contributed by atoms with Gasteiger partial charge in [0.1, 0.15) is 0 Å². The number of hydrogen-bond donors (Lipinski definition) is 4. The Bertz CT molecular complexity index is 1490. The van der Waals surface area contributed by atoms with Crippen LogP contribution in [0.4, 0.5) is 4.39 Å². The number of fused-ring (bicyclic) bond motifs is 3. The average Bonchev–Trinajstić information content (AvgIpc) is 3.20. The summed E-state index contributed by atoms with van der Waals surface area (Å²) in [7, 11) is 1.41. The first-order valence-electron chi connectivity index (χ1n) is 11.6. The lowest BCUT2D eigenvalue weighted by molar-refractivity contribution is 0.0991. The van der Waals surface area contributed by atoms with Crippen LogP contribution in [-0.4, -0.2) is 29.9 Å². The Morgan fingerprint density at radius 3 is 2.34 bits per heavy atom. The summed E-state index contributed by atoms with van der Waals surface area (Å²) in [5.41, 5.74) is 21.8. The molecular weight excluding hydrogens is 447 g/mol. The number of nitrogens with two attached hydrogens (primary N) is 3. The van der Waals surface area contributed by atoms with E-state index in [1.165, 1.54) is 13.2 Å². The molecule has 35 heavy (non-hydrogen) atoms. The second-order valence-electron chi connectivity index (χ2n) is 9.21. The fourth-order valence-electron chi connectivity index (χ4n) is 5.37. The number of nitrogens with one attached hydrogen (secondary N) is 1. The third kappa shape index (κ3) is 3.89. The molecule has 180 valence electrons. The molecule has 0 aliphatic heterocycles. The number of H-pyrrole nitrogens is 1. The van der Waals surface area contributed by atoms with Crippen molar-refractivity contribution in [2.75, 3.05) is 7.11 Å². The molecule has 7 nitrogen and oxygen atoms in total. The van der Waals surface area contributed by atoms with Gasteiger partial charge in [-0.2, -0.15) is 0 Å². The fourth-order valence-corrected chi connectivity index (χ4v) is 5.37. The minimum absolute atomic E-state index is 0.0365. The normalized spacial score (nSPS) is 18.1. The maximum Gasteiger partial charge on any atom is 0.251 e. The Kier molecular flexibility index (Phi) is 5.68. The number of amides is 2. The van der Waals surface area contributed by atoms with Gasteiger partial charge in [0, 0.05) is 27.9 Å². The number of hydrogen-bond acceptors (Lipinski definition) is 4. The zero-order valence-corrected chi connectivity index (χ0v) is 19.4. The minimum Gasteiger partial charge on any atom is -0.494 e. The molecule has 4 aromatic rings. The third-order valence-electron chi connectivity index (χ3n) is 7.11. The summed E-state index contributed by atoms with van der Waals surface area (Å²) in [6.45, 7) is 0. The van der Waals surface area contributed by atoms with Crippen molar-refractivity contribution < 1.29 is 18.7 Å². The predicted molar refractivity (Wildman–Crippen MR) is 134 cm³/mol. The molecule has 8 heteroatoms. The maximum absolute atomic E-state index is 14.8. The molecule has 0 bridgehead atoms. The Labute approximate surface area is 201 Å². The highest BCUT2D eigenvalue weighted by molar-refractivity contribution is 6.18. The van der Waals surface area contributed by atoms with E-state index in [0.717, 1.165) is 47.6 Å². The first-order valence-corrected chi connectivity index (χ1v) is 11.6. The number of methoxy groups -OCH3 is 1. The standard InChI is InChI=1S/C27H27FN4O3/c1-35-22-9-5-14(10-20(22)28)18-12-19-17-8-4-15(26(30)33)11-21(17)32-25(19)24(27(31)34)23(18)13-2-6-16(29)7-3-13/h4-5,8-13,16,32H,2-3,6-7,29H2,1H3,(H2,30,33)(H2,31,34). The predicted octanol–water partition coefficient (Wildman–Crippen LogP) is 4.32. The summed E-state index contributed by atoms with van der Waals surface area (Å²) in [5.74, 6) is -1.44. The van der Waals surface area contributed by atoms with Gasteiger partial charge in [0.2, 0.25) is 5.91 Å². The number of carbonyl (C=O) groups is 2. The van der Waals surface area contributed by atoms with Gasteiger partial charge < -0.3 is 26.9 Å². The number of ether oxygens (including phenoxy) is 1. The SMILES string of the molecule is COc1ccc(-c2cc3c([nH]c4cc(C(N)=O)ccc43)c(C(N)=O)c2C2CCC(N)CC2)cc1F. The van der Waals surface area contributed by atoms with Gasteiger partial charge in [0.15, 0.2) is 11.6 Å². The molecule has 1 aromatic heterocycles. The topological polar surface area (TPSA) is 137 Å². The van der Waals surface area contributed by atoms with Crippen LogP contribution in [0.3, 0.4) is 0 Å². The molecular formula is C27H27FN4O3. The van der Waals surface area contributed by atoms with Crippen molar-refractivity contribution in [3.63, 3.8) is 0 Å². The third-order valence-corrected chi connectivity index (χ3v) is 7.11. The van der Waals surface area contributed by atoms with Crippen molar-refractivity contribution in [1.29, 1.82) is 0 Å². The van der Waals surface area contributed by atoms with E-state index < -0.39 is 17.6 Å². The van der Waals surface area contributed by atoms with Gasteiger partial charge in [-0.05, 0) is 78.6 Å². The smallest absolute Gasteiger partial charge is 0.251 e. The Hall–Kier alpha value is -3.91. The first kappa shape index (κ1) is 22.9. The van der Waals surface area contributed by atoms with Gasteiger partial charge >= 0.3 is 0 Å². The molecule has 1 fully saturated rings. The Morgan fingerprint density at radius 2 is 1.71 bits per heavy atom. The lowest BCUT2D eigenvalue weighted by atomic mass is 9.76. The van der Waals surface area contributed by atoms with Gasteiger partial charge in [0.05, 0.1) is 18.2 Å². The van der Waals surface area contributed by atoms with E-state index in [0.29, 0.717) is 27.7 Å². The van der Waals surface area contributed by atoms with Crippen LogP contribution in [-0.2, 0) is 0 Å². The highest BCUT2D eigenvalue weighted by atomic mass is 19.1. The van der Waals surface area contributed by atoms with Crippen molar-refractivity contribution in [2.45, 2.75) is 37.6 Å². The summed E-state index contributed by atoms with van der Waals surface area (Å²) in [4.78, 5) is 28.0. The molecule has 1 heterocycles. The van der Waals surface area contributed by atoms with Crippen molar-refractivity contribution in [2.24, 2.45) is 17.2 Å². The number of aromatic amines is 1. The molecule has 1 saturated carbocycles. The van der Waals surface area contributed by atoms with E-state index in [9.17, 15) is 14.0 Å². The zero-order valence-electron chi connectivity index (χ0n) is 19.4. The summed E-state index contributed by atoms with van der Waals surface area (Å²) in [6.07, 6.45) is 3.24. The molecule has 0 saturated heterocycles. The van der Waals surface area contributed by atoms with Crippen LogP contribution < -0.4 is 21.9 Å². The summed E-state index contributed by atoms with van der Waals surface area (Å²) in [5, 5.41) is 1.56. The van der Waals surface area contributed by atoms with Gasteiger partial charge in [-0.3, -0.25) is 9.59 Å². The lowest BCUT2D eigenvalue weighted by Gasteiger charge is -2.29. The van der Waals surface area contributed by atoms with Crippen molar-refractivity contribution in [3.8, 4) is 16.9 Å². The zero-order chi connectivity index (χ0) is 24.9. The van der Waals surface area contributed by atoms with Gasteiger partial charge in [-0.15, -0.1) is 0 Å². The van der Waals surface area contributed by atoms with E-state index in [2.05, 4.69) is 4.98 Å². The molecule has 0 atom stereocenters. The van der Waals surface area contributed by atoms with Gasteiger partial charge in [-0.25, -0.2) is 4.39 Å². The van der Waals surface area contributed by atoms with E-state index in [1.54, 1.807) is 30.3 Å². The molecule has 2 amide bonds. The largest absolute Gasteiger partial charge is 0.494 e. The Balaban J connectivity index is 1.85. The highest BCUT2D eigenvalue weighted by Gasteiger charge is 2.29. The Morgan fingerprint density at radius 1 is 0.971 bits per heavy atom. The van der Waals surface area contributed by atoms with Crippen molar-refractivity contribution >= 4 is 33.6 Å². The molecule has 7 N–H and O–H groups in total. The molecule has 1 aliphatic carbocycles. The quantitative estimate of drug-likeness (QED) is 0.342. The summed E-state index contributed by atoms with van der Waals surface area (Å²) < 4.78 is 19.9. The van der Waals surface area contributed by atoms with E-state index in [1.807, 2.05) is 6.07 Å².